The fourth-order valence-corrected chi connectivity index (χ4v) is 3.35. The first-order valence-corrected chi connectivity index (χ1v) is 7.36. The van der Waals surface area contributed by atoms with Gasteiger partial charge in [-0.3, -0.25) is 4.90 Å². The van der Waals surface area contributed by atoms with Crippen LogP contribution in [-0.2, 0) is 0 Å². The van der Waals surface area contributed by atoms with Crippen LogP contribution in [0.25, 0.3) is 0 Å². The highest BCUT2D eigenvalue weighted by molar-refractivity contribution is 5.01. The fraction of sp³-hybridized carbons (Fsp3) is 1.00. The monoisotopic (exact) mass is 240 g/mol. The summed E-state index contributed by atoms with van der Waals surface area (Å²) in [5, 5.41) is 13.3. The third-order valence-electron chi connectivity index (χ3n) is 4.49. The van der Waals surface area contributed by atoms with Crippen molar-refractivity contribution in [3.63, 3.8) is 0 Å². The molecule has 2 unspecified atom stereocenters. The molecule has 0 heterocycles. The van der Waals surface area contributed by atoms with Crippen molar-refractivity contribution in [3.05, 3.63) is 0 Å². The molecule has 0 bridgehead atoms. The highest BCUT2D eigenvalue weighted by atomic mass is 16.3. The van der Waals surface area contributed by atoms with Crippen LogP contribution in [0, 0.1) is 0 Å². The molecule has 0 radical (unpaired) electrons. The predicted octanol–water partition coefficient (Wildman–Crippen LogP) is 1.75. The largest absolute Gasteiger partial charge is 0.394 e. The van der Waals surface area contributed by atoms with E-state index in [2.05, 4.69) is 24.1 Å². The first-order valence-electron chi connectivity index (χ1n) is 7.36. The standard InChI is InChI=1S/C14H28N2O/c1-3-9-15-14(11-17)8-7-13(10-14)16(4-2)12-5-6-12/h12-13,15,17H,3-11H2,1-2H3. The van der Waals surface area contributed by atoms with Crippen molar-refractivity contribution < 1.29 is 5.11 Å². The molecule has 0 saturated heterocycles. The van der Waals surface area contributed by atoms with Crippen molar-refractivity contribution in [2.24, 2.45) is 0 Å². The fourth-order valence-electron chi connectivity index (χ4n) is 3.35. The Hall–Kier alpha value is -0.120. The summed E-state index contributed by atoms with van der Waals surface area (Å²) >= 11 is 0. The molecular formula is C14H28N2O. The number of aliphatic hydroxyl groups is 1. The lowest BCUT2D eigenvalue weighted by atomic mass is 9.98. The maximum absolute atomic E-state index is 9.69. The Kier molecular flexibility index (Phi) is 4.45. The Bertz CT molecular complexity index is 242. The molecule has 0 amide bonds. The molecule has 2 rings (SSSR count). The second kappa shape index (κ2) is 5.68. The highest BCUT2D eigenvalue weighted by Gasteiger charge is 2.43. The molecule has 2 saturated carbocycles. The van der Waals surface area contributed by atoms with E-state index in [0.29, 0.717) is 12.6 Å². The van der Waals surface area contributed by atoms with E-state index in [1.807, 2.05) is 0 Å². The molecule has 0 aliphatic heterocycles. The van der Waals surface area contributed by atoms with E-state index in [1.54, 1.807) is 0 Å². The number of aliphatic hydroxyl groups excluding tert-OH is 1. The van der Waals surface area contributed by atoms with Crippen LogP contribution in [0.2, 0.25) is 0 Å². The van der Waals surface area contributed by atoms with Crippen molar-refractivity contribution in [1.82, 2.24) is 10.2 Å². The summed E-state index contributed by atoms with van der Waals surface area (Å²) < 4.78 is 0. The molecule has 2 aliphatic rings. The lowest BCUT2D eigenvalue weighted by Crippen LogP contribution is -2.48. The van der Waals surface area contributed by atoms with Gasteiger partial charge in [0.05, 0.1) is 6.61 Å². The van der Waals surface area contributed by atoms with Gasteiger partial charge >= 0.3 is 0 Å². The Morgan fingerprint density at radius 1 is 1.24 bits per heavy atom. The van der Waals surface area contributed by atoms with Crippen LogP contribution in [0.1, 0.15) is 52.4 Å². The molecule has 100 valence electrons. The molecule has 2 atom stereocenters. The number of hydrogen-bond acceptors (Lipinski definition) is 3. The minimum atomic E-state index is 0.0169. The molecule has 0 aromatic rings. The predicted molar refractivity (Wildman–Crippen MR) is 71.2 cm³/mol. The van der Waals surface area contributed by atoms with Gasteiger partial charge in [-0.1, -0.05) is 13.8 Å². The van der Waals surface area contributed by atoms with Crippen molar-refractivity contribution >= 4 is 0 Å². The van der Waals surface area contributed by atoms with Gasteiger partial charge in [0.15, 0.2) is 0 Å². The normalized spacial score (nSPS) is 33.5. The maximum atomic E-state index is 9.69. The van der Waals surface area contributed by atoms with Gasteiger partial charge in [-0.2, -0.15) is 0 Å². The average Bonchev–Trinajstić information content (AvgIpc) is 3.09. The second-order valence-corrected chi connectivity index (χ2v) is 5.82. The van der Waals surface area contributed by atoms with Crippen molar-refractivity contribution in [3.8, 4) is 0 Å². The van der Waals surface area contributed by atoms with Gasteiger partial charge < -0.3 is 10.4 Å². The van der Waals surface area contributed by atoms with Gasteiger partial charge in [0.25, 0.3) is 0 Å². The molecule has 2 fully saturated rings. The Morgan fingerprint density at radius 2 is 2.00 bits per heavy atom. The number of hydrogen-bond donors (Lipinski definition) is 2. The van der Waals surface area contributed by atoms with Crippen LogP contribution in [0.3, 0.4) is 0 Å². The summed E-state index contributed by atoms with van der Waals surface area (Å²) in [7, 11) is 0. The summed E-state index contributed by atoms with van der Waals surface area (Å²) in [6, 6.07) is 1.55. The van der Waals surface area contributed by atoms with Crippen LogP contribution in [0.5, 0.6) is 0 Å². The van der Waals surface area contributed by atoms with Crippen molar-refractivity contribution in [1.29, 1.82) is 0 Å². The lowest BCUT2D eigenvalue weighted by Gasteiger charge is -2.32. The van der Waals surface area contributed by atoms with Crippen LogP contribution in [-0.4, -0.2) is 47.3 Å². The maximum Gasteiger partial charge on any atom is 0.0613 e. The van der Waals surface area contributed by atoms with E-state index in [9.17, 15) is 5.11 Å². The smallest absolute Gasteiger partial charge is 0.0613 e. The SMILES string of the molecule is CCCNC1(CO)CCC(N(CC)C2CC2)C1. The number of nitrogens with one attached hydrogen (secondary N) is 1. The van der Waals surface area contributed by atoms with Gasteiger partial charge in [0.2, 0.25) is 0 Å². The van der Waals surface area contributed by atoms with Crippen LogP contribution < -0.4 is 5.32 Å². The molecule has 3 nitrogen and oxygen atoms in total. The average molecular weight is 240 g/mol. The van der Waals surface area contributed by atoms with Gasteiger partial charge in [-0.25, -0.2) is 0 Å². The molecule has 3 heteroatoms. The summed E-state index contributed by atoms with van der Waals surface area (Å²) in [5.41, 5.74) is 0.0169. The first kappa shape index (κ1) is 13.3. The second-order valence-electron chi connectivity index (χ2n) is 5.82. The highest BCUT2D eigenvalue weighted by Crippen LogP contribution is 2.38. The van der Waals surface area contributed by atoms with E-state index >= 15 is 0 Å². The molecule has 0 aromatic heterocycles. The number of nitrogens with zero attached hydrogens (tertiary/aromatic N) is 1. The first-order chi connectivity index (χ1) is 8.24. The molecule has 2 N–H and O–H groups in total. The van der Waals surface area contributed by atoms with Crippen LogP contribution in [0.15, 0.2) is 0 Å². The third kappa shape index (κ3) is 3.01. The van der Waals surface area contributed by atoms with Crippen LogP contribution in [0.4, 0.5) is 0 Å². The zero-order valence-corrected chi connectivity index (χ0v) is 11.4. The molecule has 0 spiro atoms. The quantitative estimate of drug-likeness (QED) is 0.712. The van der Waals surface area contributed by atoms with Crippen molar-refractivity contribution in [2.75, 3.05) is 19.7 Å². The molecule has 17 heavy (non-hydrogen) atoms. The van der Waals surface area contributed by atoms with Gasteiger partial charge in [0.1, 0.15) is 0 Å². The molecule has 2 aliphatic carbocycles. The van der Waals surface area contributed by atoms with E-state index in [1.165, 1.54) is 25.8 Å². The summed E-state index contributed by atoms with van der Waals surface area (Å²) in [6.45, 7) is 6.96. The van der Waals surface area contributed by atoms with Gasteiger partial charge in [-0.05, 0) is 51.6 Å². The van der Waals surface area contributed by atoms with E-state index in [4.69, 9.17) is 0 Å². The van der Waals surface area contributed by atoms with E-state index in [0.717, 1.165) is 31.8 Å². The minimum absolute atomic E-state index is 0.0169. The lowest BCUT2D eigenvalue weighted by molar-refractivity contribution is 0.141. The molecule has 0 aromatic carbocycles. The molecular weight excluding hydrogens is 212 g/mol. The Morgan fingerprint density at radius 3 is 2.53 bits per heavy atom. The zero-order valence-electron chi connectivity index (χ0n) is 11.4. The third-order valence-corrected chi connectivity index (χ3v) is 4.49. The number of rotatable bonds is 7. The van der Waals surface area contributed by atoms with Crippen LogP contribution >= 0.6 is 0 Å². The Labute approximate surface area is 106 Å². The Balaban J connectivity index is 1.91. The minimum Gasteiger partial charge on any atom is -0.394 e. The topological polar surface area (TPSA) is 35.5 Å². The van der Waals surface area contributed by atoms with Crippen molar-refractivity contribution in [2.45, 2.75) is 70.0 Å². The summed E-state index contributed by atoms with van der Waals surface area (Å²) in [5.74, 6) is 0. The summed E-state index contributed by atoms with van der Waals surface area (Å²) in [4.78, 5) is 2.67. The summed E-state index contributed by atoms with van der Waals surface area (Å²) in [6.07, 6.45) is 7.44. The van der Waals surface area contributed by atoms with E-state index in [-0.39, 0.29) is 5.54 Å². The van der Waals surface area contributed by atoms with Gasteiger partial charge in [0, 0.05) is 17.6 Å². The van der Waals surface area contributed by atoms with Gasteiger partial charge in [-0.15, -0.1) is 0 Å². The zero-order chi connectivity index (χ0) is 12.3. The van der Waals surface area contributed by atoms with E-state index < -0.39 is 0 Å².